The van der Waals surface area contributed by atoms with Crippen LogP contribution >= 0.6 is 11.3 Å². The molecule has 0 saturated carbocycles. The Morgan fingerprint density at radius 1 is 1.00 bits per heavy atom. The van der Waals surface area contributed by atoms with Crippen LogP contribution < -0.4 is 5.01 Å². The third kappa shape index (κ3) is 3.70. The molecule has 5 heteroatoms. The van der Waals surface area contributed by atoms with Crippen molar-refractivity contribution < 1.29 is 4.79 Å². The van der Waals surface area contributed by atoms with E-state index in [1.807, 2.05) is 56.3 Å². The number of aromatic nitrogens is 1. The number of carbonyl (C=O) groups is 1. The Morgan fingerprint density at radius 3 is 2.54 bits per heavy atom. The lowest BCUT2D eigenvalue weighted by Crippen LogP contribution is -2.25. The highest BCUT2D eigenvalue weighted by atomic mass is 32.1. The molecule has 0 aliphatic carbocycles. The zero-order chi connectivity index (χ0) is 19.5. The molecule has 1 aromatic heterocycles. The predicted molar refractivity (Wildman–Crippen MR) is 116 cm³/mol. The molecule has 3 aromatic carbocycles. The first kappa shape index (κ1) is 18.1. The SMILES string of the molecule is Cc1ccc(C)c(/C=N/N(C(=O)c2ccccc2)c2nc3ccccc3s2)c1. The van der Waals surface area contributed by atoms with E-state index in [1.165, 1.54) is 16.3 Å². The molecule has 0 fully saturated rings. The molecule has 0 atom stereocenters. The maximum Gasteiger partial charge on any atom is 0.280 e. The molecule has 28 heavy (non-hydrogen) atoms. The van der Waals surface area contributed by atoms with E-state index >= 15 is 0 Å². The smallest absolute Gasteiger partial charge is 0.267 e. The second-order valence-electron chi connectivity index (χ2n) is 6.55. The fraction of sp³-hybridized carbons (Fsp3) is 0.0870. The van der Waals surface area contributed by atoms with Gasteiger partial charge in [-0.3, -0.25) is 4.79 Å². The summed E-state index contributed by atoms with van der Waals surface area (Å²) in [6, 6.07) is 23.2. The summed E-state index contributed by atoms with van der Waals surface area (Å²) >= 11 is 1.45. The molecule has 0 spiro atoms. The standard InChI is InChI=1S/C23H19N3OS/c1-16-12-13-17(2)19(14-16)15-24-26(22(27)18-8-4-3-5-9-18)23-25-20-10-6-7-11-21(20)28-23/h3-15H,1-2H3/b24-15+. The van der Waals surface area contributed by atoms with Crippen LogP contribution in [0.5, 0.6) is 0 Å². The van der Waals surface area contributed by atoms with Crippen molar-refractivity contribution in [1.29, 1.82) is 0 Å². The highest BCUT2D eigenvalue weighted by Gasteiger charge is 2.20. The summed E-state index contributed by atoms with van der Waals surface area (Å²) in [6.45, 7) is 4.07. The van der Waals surface area contributed by atoms with E-state index < -0.39 is 0 Å². The molecule has 138 valence electrons. The van der Waals surface area contributed by atoms with Crippen molar-refractivity contribution in [3.05, 3.63) is 95.1 Å². The molecular weight excluding hydrogens is 366 g/mol. The van der Waals surface area contributed by atoms with E-state index in [4.69, 9.17) is 0 Å². The van der Waals surface area contributed by atoms with Crippen LogP contribution in [0.1, 0.15) is 27.0 Å². The number of fused-ring (bicyclic) bond motifs is 1. The molecule has 1 amide bonds. The minimum absolute atomic E-state index is 0.207. The number of nitrogens with zero attached hydrogens (tertiary/aromatic N) is 3. The number of rotatable bonds is 4. The normalized spacial score (nSPS) is 11.2. The molecule has 0 saturated heterocycles. The number of para-hydroxylation sites is 1. The van der Waals surface area contributed by atoms with Gasteiger partial charge in [0.1, 0.15) is 0 Å². The quantitative estimate of drug-likeness (QED) is 0.339. The highest BCUT2D eigenvalue weighted by Crippen LogP contribution is 2.30. The summed E-state index contributed by atoms with van der Waals surface area (Å²) in [4.78, 5) is 17.8. The molecule has 0 aliphatic heterocycles. The van der Waals surface area contributed by atoms with Gasteiger partial charge in [0.25, 0.3) is 5.91 Å². The highest BCUT2D eigenvalue weighted by molar-refractivity contribution is 7.22. The molecule has 0 radical (unpaired) electrons. The van der Waals surface area contributed by atoms with Gasteiger partial charge in [-0.15, -0.1) is 0 Å². The third-order valence-corrected chi connectivity index (χ3v) is 5.44. The predicted octanol–water partition coefficient (Wildman–Crippen LogP) is 5.59. The summed E-state index contributed by atoms with van der Waals surface area (Å²) in [5.74, 6) is -0.207. The molecule has 0 bridgehead atoms. The van der Waals surface area contributed by atoms with Crippen molar-refractivity contribution in [2.75, 3.05) is 5.01 Å². The van der Waals surface area contributed by atoms with E-state index in [1.54, 1.807) is 18.3 Å². The van der Waals surface area contributed by atoms with Gasteiger partial charge in [0.2, 0.25) is 5.13 Å². The Kier molecular flexibility index (Phi) is 5.00. The van der Waals surface area contributed by atoms with Crippen molar-refractivity contribution in [3.8, 4) is 0 Å². The van der Waals surface area contributed by atoms with E-state index in [9.17, 15) is 4.79 Å². The zero-order valence-electron chi connectivity index (χ0n) is 15.7. The number of amides is 1. The van der Waals surface area contributed by atoms with Crippen LogP contribution in [0.25, 0.3) is 10.2 Å². The molecular formula is C23H19N3OS. The molecule has 4 nitrogen and oxygen atoms in total. The number of aryl methyl sites for hydroxylation is 2. The van der Waals surface area contributed by atoms with Crippen LogP contribution in [0.3, 0.4) is 0 Å². The number of benzene rings is 3. The molecule has 0 N–H and O–H groups in total. The van der Waals surface area contributed by atoms with Gasteiger partial charge in [0.15, 0.2) is 0 Å². The van der Waals surface area contributed by atoms with E-state index in [0.717, 1.165) is 26.9 Å². The summed E-state index contributed by atoms with van der Waals surface area (Å²) in [7, 11) is 0. The fourth-order valence-electron chi connectivity index (χ4n) is 2.86. The molecule has 0 aliphatic rings. The first-order valence-electron chi connectivity index (χ1n) is 8.98. The molecule has 4 aromatic rings. The molecule has 1 heterocycles. The number of anilines is 1. The first-order chi connectivity index (χ1) is 13.6. The lowest BCUT2D eigenvalue weighted by Gasteiger charge is -2.14. The second-order valence-corrected chi connectivity index (χ2v) is 7.56. The lowest BCUT2D eigenvalue weighted by atomic mass is 10.1. The van der Waals surface area contributed by atoms with E-state index in [2.05, 4.69) is 28.3 Å². The number of hydrogen-bond donors (Lipinski definition) is 0. The lowest BCUT2D eigenvalue weighted by molar-refractivity contribution is 0.0988. The molecule has 4 rings (SSSR count). The third-order valence-electron chi connectivity index (χ3n) is 4.42. The van der Waals surface area contributed by atoms with Gasteiger partial charge in [-0.05, 0) is 49.2 Å². The summed E-state index contributed by atoms with van der Waals surface area (Å²) in [5.41, 5.74) is 4.65. The van der Waals surface area contributed by atoms with Gasteiger partial charge in [-0.2, -0.15) is 10.1 Å². The Balaban J connectivity index is 1.78. The van der Waals surface area contributed by atoms with E-state index in [0.29, 0.717) is 10.7 Å². The minimum Gasteiger partial charge on any atom is -0.267 e. The van der Waals surface area contributed by atoms with Gasteiger partial charge < -0.3 is 0 Å². The maximum atomic E-state index is 13.2. The molecule has 0 unspecified atom stereocenters. The second kappa shape index (κ2) is 7.74. The number of carbonyl (C=O) groups excluding carboxylic acids is 1. The van der Waals surface area contributed by atoms with Gasteiger partial charge in [-0.1, -0.05) is 65.4 Å². The summed E-state index contributed by atoms with van der Waals surface area (Å²) in [6.07, 6.45) is 1.73. The van der Waals surface area contributed by atoms with Crippen LogP contribution in [-0.4, -0.2) is 17.1 Å². The van der Waals surface area contributed by atoms with Crippen molar-refractivity contribution in [2.45, 2.75) is 13.8 Å². The first-order valence-corrected chi connectivity index (χ1v) is 9.80. The van der Waals surface area contributed by atoms with Crippen LogP contribution in [0.15, 0.2) is 77.9 Å². The van der Waals surface area contributed by atoms with Crippen LogP contribution in [-0.2, 0) is 0 Å². The Morgan fingerprint density at radius 2 is 1.75 bits per heavy atom. The van der Waals surface area contributed by atoms with Crippen molar-refractivity contribution >= 4 is 38.8 Å². The van der Waals surface area contributed by atoms with Crippen LogP contribution in [0.2, 0.25) is 0 Å². The number of hydrogen-bond acceptors (Lipinski definition) is 4. The maximum absolute atomic E-state index is 13.2. The van der Waals surface area contributed by atoms with Gasteiger partial charge >= 0.3 is 0 Å². The Bertz CT molecular complexity index is 1130. The monoisotopic (exact) mass is 385 g/mol. The van der Waals surface area contributed by atoms with Crippen molar-refractivity contribution in [1.82, 2.24) is 4.98 Å². The summed E-state index contributed by atoms with van der Waals surface area (Å²) < 4.78 is 1.02. The average molecular weight is 385 g/mol. The number of thiazole rings is 1. The van der Waals surface area contributed by atoms with Gasteiger partial charge in [-0.25, -0.2) is 4.98 Å². The zero-order valence-corrected chi connectivity index (χ0v) is 16.5. The minimum atomic E-state index is -0.207. The van der Waals surface area contributed by atoms with Gasteiger partial charge in [0.05, 0.1) is 16.4 Å². The largest absolute Gasteiger partial charge is 0.280 e. The van der Waals surface area contributed by atoms with Crippen LogP contribution in [0, 0.1) is 13.8 Å². The van der Waals surface area contributed by atoms with Crippen molar-refractivity contribution in [2.24, 2.45) is 5.10 Å². The van der Waals surface area contributed by atoms with Crippen molar-refractivity contribution in [3.63, 3.8) is 0 Å². The van der Waals surface area contributed by atoms with Gasteiger partial charge in [0, 0.05) is 5.56 Å². The Labute approximate surface area is 167 Å². The van der Waals surface area contributed by atoms with E-state index in [-0.39, 0.29) is 5.91 Å². The number of hydrazone groups is 1. The topological polar surface area (TPSA) is 45.6 Å². The fourth-order valence-corrected chi connectivity index (χ4v) is 3.78. The van der Waals surface area contributed by atoms with Crippen LogP contribution in [0.4, 0.5) is 5.13 Å². The Hall–Kier alpha value is -3.31. The average Bonchev–Trinajstić information content (AvgIpc) is 3.15. The summed E-state index contributed by atoms with van der Waals surface area (Å²) in [5, 5.41) is 6.49.